The summed E-state index contributed by atoms with van der Waals surface area (Å²) in [5.74, 6) is 0.161. The van der Waals surface area contributed by atoms with E-state index in [2.05, 4.69) is 9.80 Å². The Balaban J connectivity index is 2.26. The van der Waals surface area contributed by atoms with Crippen molar-refractivity contribution < 1.29 is 9.90 Å². The van der Waals surface area contributed by atoms with Gasteiger partial charge in [-0.2, -0.15) is 0 Å². The molecule has 0 aromatic carbocycles. The SMILES string of the molecule is CN(CCCN)C(=O)CN1CCN(CC(C)(C)O)CC1. The Kier molecular flexibility index (Phi) is 6.88. The molecule has 0 aliphatic carbocycles. The standard InChI is InChI=1S/C14H30N4O2/c1-14(2,20)12-18-9-7-17(8-10-18)11-13(19)16(3)6-4-5-15/h20H,4-12,15H2,1-3H3. The summed E-state index contributed by atoms with van der Waals surface area (Å²) in [6.07, 6.45) is 0.849. The fourth-order valence-electron chi connectivity index (χ4n) is 2.42. The lowest BCUT2D eigenvalue weighted by molar-refractivity contribution is -0.131. The summed E-state index contributed by atoms with van der Waals surface area (Å²) in [7, 11) is 1.84. The minimum absolute atomic E-state index is 0.161. The van der Waals surface area contributed by atoms with Crippen molar-refractivity contribution in [3.8, 4) is 0 Å². The summed E-state index contributed by atoms with van der Waals surface area (Å²) < 4.78 is 0. The molecule has 1 fully saturated rings. The first-order chi connectivity index (χ1) is 9.31. The Bertz CT molecular complexity index is 296. The molecule has 6 nitrogen and oxygen atoms in total. The summed E-state index contributed by atoms with van der Waals surface area (Å²) in [6.45, 7) is 9.75. The monoisotopic (exact) mass is 286 g/mol. The minimum Gasteiger partial charge on any atom is -0.389 e. The second kappa shape index (κ2) is 7.93. The molecule has 1 aliphatic heterocycles. The van der Waals surface area contributed by atoms with Crippen LogP contribution in [0.2, 0.25) is 0 Å². The van der Waals surface area contributed by atoms with Gasteiger partial charge in [-0.3, -0.25) is 14.6 Å². The van der Waals surface area contributed by atoms with Gasteiger partial charge in [0.1, 0.15) is 0 Å². The predicted molar refractivity (Wildman–Crippen MR) is 80.5 cm³/mol. The molecular formula is C14H30N4O2. The van der Waals surface area contributed by atoms with Gasteiger partial charge in [0, 0.05) is 46.3 Å². The number of β-amino-alcohol motifs (C(OH)–C–C–N with tert-alkyl or cyclic N) is 1. The zero-order valence-electron chi connectivity index (χ0n) is 13.1. The van der Waals surface area contributed by atoms with E-state index in [0.717, 1.165) is 39.1 Å². The van der Waals surface area contributed by atoms with Crippen LogP contribution in [-0.2, 0) is 4.79 Å². The first kappa shape index (κ1) is 17.4. The highest BCUT2D eigenvalue weighted by molar-refractivity contribution is 5.77. The molecule has 118 valence electrons. The quantitative estimate of drug-likeness (QED) is 0.640. The van der Waals surface area contributed by atoms with Crippen molar-refractivity contribution >= 4 is 5.91 Å². The van der Waals surface area contributed by atoms with E-state index in [1.165, 1.54) is 0 Å². The van der Waals surface area contributed by atoms with Gasteiger partial charge in [0.2, 0.25) is 5.91 Å². The van der Waals surface area contributed by atoms with Crippen LogP contribution in [0.4, 0.5) is 0 Å². The summed E-state index contributed by atoms with van der Waals surface area (Å²) >= 11 is 0. The maximum Gasteiger partial charge on any atom is 0.236 e. The van der Waals surface area contributed by atoms with E-state index < -0.39 is 5.60 Å². The number of nitrogens with zero attached hydrogens (tertiary/aromatic N) is 3. The van der Waals surface area contributed by atoms with Crippen LogP contribution < -0.4 is 5.73 Å². The molecule has 0 unspecified atom stereocenters. The molecule has 1 aliphatic rings. The Morgan fingerprint density at radius 2 is 1.80 bits per heavy atom. The lowest BCUT2D eigenvalue weighted by atomic mass is 10.1. The molecule has 0 radical (unpaired) electrons. The molecule has 0 aromatic heterocycles. The van der Waals surface area contributed by atoms with Crippen molar-refractivity contribution in [1.29, 1.82) is 0 Å². The molecule has 0 aromatic rings. The van der Waals surface area contributed by atoms with Gasteiger partial charge < -0.3 is 15.7 Å². The van der Waals surface area contributed by atoms with E-state index in [0.29, 0.717) is 19.6 Å². The normalized spacial score (nSPS) is 18.2. The first-order valence-electron chi connectivity index (χ1n) is 7.43. The number of carbonyl (C=O) groups is 1. The van der Waals surface area contributed by atoms with Crippen LogP contribution in [0.5, 0.6) is 0 Å². The Morgan fingerprint density at radius 3 is 2.30 bits per heavy atom. The number of hydrogen-bond acceptors (Lipinski definition) is 5. The lowest BCUT2D eigenvalue weighted by Crippen LogP contribution is -2.52. The molecule has 0 atom stereocenters. The number of nitrogens with two attached hydrogens (primary N) is 1. The molecule has 3 N–H and O–H groups in total. The fraction of sp³-hybridized carbons (Fsp3) is 0.929. The minimum atomic E-state index is -0.652. The van der Waals surface area contributed by atoms with Crippen LogP contribution in [-0.4, -0.2) is 90.7 Å². The summed E-state index contributed by atoms with van der Waals surface area (Å²) in [5.41, 5.74) is 4.80. The van der Waals surface area contributed by atoms with Crippen LogP contribution in [0.25, 0.3) is 0 Å². The average molecular weight is 286 g/mol. The Hall–Kier alpha value is -0.690. The zero-order chi connectivity index (χ0) is 15.2. The highest BCUT2D eigenvalue weighted by Gasteiger charge is 2.24. The van der Waals surface area contributed by atoms with Gasteiger partial charge in [-0.05, 0) is 26.8 Å². The van der Waals surface area contributed by atoms with E-state index in [1.807, 2.05) is 20.9 Å². The summed E-state index contributed by atoms with van der Waals surface area (Å²) in [5, 5.41) is 9.81. The maximum absolute atomic E-state index is 12.0. The number of amides is 1. The second-order valence-electron chi connectivity index (χ2n) is 6.32. The highest BCUT2D eigenvalue weighted by Crippen LogP contribution is 2.08. The largest absolute Gasteiger partial charge is 0.389 e. The van der Waals surface area contributed by atoms with E-state index in [1.54, 1.807) is 4.90 Å². The van der Waals surface area contributed by atoms with Gasteiger partial charge in [0.05, 0.1) is 12.1 Å². The van der Waals surface area contributed by atoms with Gasteiger partial charge in [0.25, 0.3) is 0 Å². The summed E-state index contributed by atoms with van der Waals surface area (Å²) in [6, 6.07) is 0. The zero-order valence-corrected chi connectivity index (χ0v) is 13.1. The third-order valence-corrected chi connectivity index (χ3v) is 3.56. The molecule has 0 spiro atoms. The third kappa shape index (κ3) is 6.65. The number of piperazine rings is 1. The van der Waals surface area contributed by atoms with E-state index in [4.69, 9.17) is 5.73 Å². The molecule has 1 amide bonds. The predicted octanol–water partition coefficient (Wildman–Crippen LogP) is -0.818. The molecule has 1 rings (SSSR count). The van der Waals surface area contributed by atoms with Gasteiger partial charge >= 0.3 is 0 Å². The summed E-state index contributed by atoms with van der Waals surface area (Å²) in [4.78, 5) is 18.2. The molecule has 0 bridgehead atoms. The smallest absolute Gasteiger partial charge is 0.236 e. The molecule has 0 saturated carbocycles. The topological polar surface area (TPSA) is 73.0 Å². The van der Waals surface area contributed by atoms with Crippen LogP contribution >= 0.6 is 0 Å². The van der Waals surface area contributed by atoms with Gasteiger partial charge in [-0.1, -0.05) is 0 Å². The van der Waals surface area contributed by atoms with Crippen molar-refractivity contribution in [1.82, 2.24) is 14.7 Å². The molecular weight excluding hydrogens is 256 g/mol. The van der Waals surface area contributed by atoms with Crippen molar-refractivity contribution in [2.75, 3.05) is 59.4 Å². The number of hydrogen-bond donors (Lipinski definition) is 2. The lowest BCUT2D eigenvalue weighted by Gasteiger charge is -2.37. The maximum atomic E-state index is 12.0. The van der Waals surface area contributed by atoms with Gasteiger partial charge in [-0.25, -0.2) is 0 Å². The Labute approximate surface area is 122 Å². The van der Waals surface area contributed by atoms with Crippen LogP contribution in [0.1, 0.15) is 20.3 Å². The van der Waals surface area contributed by atoms with Gasteiger partial charge in [-0.15, -0.1) is 0 Å². The number of likely N-dealkylation sites (N-methyl/N-ethyl adjacent to an activating group) is 1. The van der Waals surface area contributed by atoms with Crippen LogP contribution in [0.15, 0.2) is 0 Å². The van der Waals surface area contributed by atoms with Crippen molar-refractivity contribution in [3.63, 3.8) is 0 Å². The van der Waals surface area contributed by atoms with Crippen molar-refractivity contribution in [2.24, 2.45) is 5.73 Å². The average Bonchev–Trinajstić information content (AvgIpc) is 2.36. The first-order valence-corrected chi connectivity index (χ1v) is 7.43. The molecule has 6 heteroatoms. The third-order valence-electron chi connectivity index (χ3n) is 3.56. The molecule has 1 heterocycles. The number of rotatable bonds is 7. The second-order valence-corrected chi connectivity index (χ2v) is 6.32. The van der Waals surface area contributed by atoms with E-state index >= 15 is 0 Å². The van der Waals surface area contributed by atoms with Gasteiger partial charge in [0.15, 0.2) is 0 Å². The van der Waals surface area contributed by atoms with E-state index in [9.17, 15) is 9.90 Å². The highest BCUT2D eigenvalue weighted by atomic mass is 16.3. The molecule has 20 heavy (non-hydrogen) atoms. The Morgan fingerprint density at radius 1 is 1.25 bits per heavy atom. The van der Waals surface area contributed by atoms with Crippen LogP contribution in [0, 0.1) is 0 Å². The fourth-order valence-corrected chi connectivity index (χ4v) is 2.42. The molecule has 1 saturated heterocycles. The van der Waals surface area contributed by atoms with Crippen LogP contribution in [0.3, 0.4) is 0 Å². The number of aliphatic hydroxyl groups is 1. The number of carbonyl (C=O) groups excluding carboxylic acids is 1. The van der Waals surface area contributed by atoms with E-state index in [-0.39, 0.29) is 5.91 Å². The van der Waals surface area contributed by atoms with Crippen molar-refractivity contribution in [3.05, 3.63) is 0 Å². The van der Waals surface area contributed by atoms with Crippen molar-refractivity contribution in [2.45, 2.75) is 25.9 Å².